The first-order valence-corrected chi connectivity index (χ1v) is 10.9. The summed E-state index contributed by atoms with van der Waals surface area (Å²) < 4.78 is 13.8. The SMILES string of the molecule is CC(=O)c1ccc(NC(=O)C[C@@H]2SC(=Nc3ccc(Cl)c(F)c3)N(C(C)C)C2=O)cc1. The zero-order chi connectivity index (χ0) is 22.7. The van der Waals surface area contributed by atoms with Gasteiger partial charge in [0.05, 0.1) is 10.7 Å². The number of halogens is 2. The molecule has 0 saturated carbocycles. The number of carbonyl (C=O) groups excluding carboxylic acids is 3. The number of amidine groups is 1. The average molecular weight is 462 g/mol. The third-order valence-electron chi connectivity index (χ3n) is 4.56. The molecule has 2 aromatic carbocycles. The van der Waals surface area contributed by atoms with Crippen LogP contribution in [-0.2, 0) is 9.59 Å². The number of hydrogen-bond donors (Lipinski definition) is 1. The van der Waals surface area contributed by atoms with Gasteiger partial charge in [0.2, 0.25) is 11.8 Å². The van der Waals surface area contributed by atoms with Gasteiger partial charge in [-0.15, -0.1) is 0 Å². The van der Waals surface area contributed by atoms with Gasteiger partial charge < -0.3 is 5.32 Å². The third-order valence-corrected chi connectivity index (χ3v) is 6.02. The molecular formula is C22H21ClFN3O3S. The molecule has 0 spiro atoms. The zero-order valence-corrected chi connectivity index (χ0v) is 18.8. The number of carbonyl (C=O) groups is 3. The number of benzene rings is 2. The maximum Gasteiger partial charge on any atom is 0.242 e. The molecule has 2 amide bonds. The Morgan fingerprint density at radius 3 is 2.48 bits per heavy atom. The van der Waals surface area contributed by atoms with Crippen molar-refractivity contribution in [3.05, 3.63) is 58.9 Å². The first kappa shape index (κ1) is 23.0. The van der Waals surface area contributed by atoms with E-state index in [1.807, 2.05) is 13.8 Å². The van der Waals surface area contributed by atoms with Gasteiger partial charge in [-0.1, -0.05) is 23.4 Å². The summed E-state index contributed by atoms with van der Waals surface area (Å²) in [7, 11) is 0. The number of amides is 2. The van der Waals surface area contributed by atoms with Crippen molar-refractivity contribution in [2.75, 3.05) is 5.32 Å². The highest BCUT2D eigenvalue weighted by molar-refractivity contribution is 8.15. The van der Waals surface area contributed by atoms with Crippen LogP contribution in [-0.4, -0.2) is 39.0 Å². The highest BCUT2D eigenvalue weighted by atomic mass is 35.5. The maximum atomic E-state index is 13.8. The van der Waals surface area contributed by atoms with Crippen LogP contribution in [0.1, 0.15) is 37.6 Å². The van der Waals surface area contributed by atoms with E-state index in [-0.39, 0.29) is 35.1 Å². The van der Waals surface area contributed by atoms with Crippen LogP contribution < -0.4 is 5.32 Å². The van der Waals surface area contributed by atoms with Crippen molar-refractivity contribution in [1.82, 2.24) is 4.90 Å². The molecule has 0 radical (unpaired) electrons. The van der Waals surface area contributed by atoms with Gasteiger partial charge in [-0.05, 0) is 57.2 Å². The molecule has 6 nitrogen and oxygen atoms in total. The largest absolute Gasteiger partial charge is 0.326 e. The molecule has 0 unspecified atom stereocenters. The molecule has 0 bridgehead atoms. The van der Waals surface area contributed by atoms with Crippen LogP contribution >= 0.6 is 23.4 Å². The Morgan fingerprint density at radius 1 is 1.23 bits per heavy atom. The van der Waals surface area contributed by atoms with Crippen molar-refractivity contribution in [3.8, 4) is 0 Å². The Labute approximate surface area is 188 Å². The van der Waals surface area contributed by atoms with E-state index in [1.165, 1.54) is 35.7 Å². The monoisotopic (exact) mass is 461 g/mol. The van der Waals surface area contributed by atoms with E-state index in [0.717, 1.165) is 0 Å². The number of thioether (sulfide) groups is 1. The van der Waals surface area contributed by atoms with Crippen LogP contribution in [0.5, 0.6) is 0 Å². The van der Waals surface area contributed by atoms with Gasteiger partial charge in [0.25, 0.3) is 0 Å². The third kappa shape index (κ3) is 5.51. The molecule has 1 N–H and O–H groups in total. The molecule has 1 fully saturated rings. The maximum absolute atomic E-state index is 13.8. The fourth-order valence-corrected chi connectivity index (χ4v) is 4.40. The number of Topliss-reactive ketones (excluding diaryl/α,β-unsaturated/α-hetero) is 1. The quantitative estimate of drug-likeness (QED) is 0.610. The predicted molar refractivity (Wildman–Crippen MR) is 122 cm³/mol. The Kier molecular flexibility index (Phi) is 7.12. The van der Waals surface area contributed by atoms with Gasteiger partial charge in [-0.3, -0.25) is 19.3 Å². The van der Waals surface area contributed by atoms with Crippen LogP contribution in [0.3, 0.4) is 0 Å². The highest BCUT2D eigenvalue weighted by Crippen LogP contribution is 2.33. The van der Waals surface area contributed by atoms with Gasteiger partial charge >= 0.3 is 0 Å². The van der Waals surface area contributed by atoms with Crippen LogP contribution in [0.25, 0.3) is 0 Å². The summed E-state index contributed by atoms with van der Waals surface area (Å²) >= 11 is 6.89. The Bertz CT molecular complexity index is 1060. The minimum Gasteiger partial charge on any atom is -0.326 e. The standard InChI is InChI=1S/C22H21ClFN3O3S/c1-12(2)27-21(30)19(31-22(27)26-16-8-9-17(23)18(24)10-16)11-20(29)25-15-6-4-14(5-7-15)13(3)28/h4-10,12,19H,11H2,1-3H3,(H,25,29)/t19-/m0/s1. The molecule has 0 aromatic heterocycles. The van der Waals surface area contributed by atoms with E-state index in [1.54, 1.807) is 30.3 Å². The average Bonchev–Trinajstić information content (AvgIpc) is 3.00. The number of ketones is 1. The molecular weight excluding hydrogens is 441 g/mol. The predicted octanol–water partition coefficient (Wildman–Crippen LogP) is 5.05. The van der Waals surface area contributed by atoms with E-state index >= 15 is 0 Å². The van der Waals surface area contributed by atoms with Crippen molar-refractivity contribution < 1.29 is 18.8 Å². The van der Waals surface area contributed by atoms with Gasteiger partial charge in [0.15, 0.2) is 11.0 Å². The lowest BCUT2D eigenvalue weighted by Gasteiger charge is -2.20. The number of rotatable bonds is 6. The van der Waals surface area contributed by atoms with E-state index in [0.29, 0.717) is 22.1 Å². The molecule has 2 aromatic rings. The van der Waals surface area contributed by atoms with Gasteiger partial charge in [0.1, 0.15) is 11.1 Å². The molecule has 3 rings (SSSR count). The van der Waals surface area contributed by atoms with Crippen molar-refractivity contribution in [2.45, 2.75) is 38.5 Å². The molecule has 31 heavy (non-hydrogen) atoms. The smallest absolute Gasteiger partial charge is 0.242 e. The number of aliphatic imine (C=N–C) groups is 1. The molecule has 1 aliphatic heterocycles. The Hall–Kier alpha value is -2.71. The molecule has 1 heterocycles. The summed E-state index contributed by atoms with van der Waals surface area (Å²) in [5, 5.41) is 2.49. The second-order valence-corrected chi connectivity index (χ2v) is 8.86. The first-order valence-electron chi connectivity index (χ1n) is 9.60. The van der Waals surface area contributed by atoms with Crippen LogP contribution in [0.2, 0.25) is 5.02 Å². The van der Waals surface area contributed by atoms with Crippen LogP contribution in [0.4, 0.5) is 15.8 Å². The number of nitrogens with zero attached hydrogens (tertiary/aromatic N) is 2. The van der Waals surface area contributed by atoms with Crippen LogP contribution in [0, 0.1) is 5.82 Å². The van der Waals surface area contributed by atoms with Crippen molar-refractivity contribution in [2.24, 2.45) is 4.99 Å². The molecule has 162 valence electrons. The summed E-state index contributed by atoms with van der Waals surface area (Å²) in [5.41, 5.74) is 1.42. The second-order valence-electron chi connectivity index (χ2n) is 7.29. The van der Waals surface area contributed by atoms with E-state index in [9.17, 15) is 18.8 Å². The van der Waals surface area contributed by atoms with Gasteiger partial charge in [-0.25, -0.2) is 9.38 Å². The lowest BCUT2D eigenvalue weighted by molar-refractivity contribution is -0.129. The summed E-state index contributed by atoms with van der Waals surface area (Å²) in [5.74, 6) is -1.22. The Balaban J connectivity index is 1.73. The van der Waals surface area contributed by atoms with Crippen molar-refractivity contribution in [3.63, 3.8) is 0 Å². The summed E-state index contributed by atoms with van der Waals surface area (Å²) in [6.07, 6.45) is -0.0464. The Morgan fingerprint density at radius 2 is 1.90 bits per heavy atom. The topological polar surface area (TPSA) is 78.8 Å². The zero-order valence-electron chi connectivity index (χ0n) is 17.2. The van der Waals surface area contributed by atoms with Gasteiger partial charge in [-0.2, -0.15) is 0 Å². The number of nitrogens with one attached hydrogen (secondary N) is 1. The van der Waals surface area contributed by atoms with E-state index in [2.05, 4.69) is 10.3 Å². The summed E-state index contributed by atoms with van der Waals surface area (Å²) in [4.78, 5) is 42.6. The molecule has 1 aliphatic rings. The van der Waals surface area contributed by atoms with Crippen molar-refractivity contribution in [1.29, 1.82) is 0 Å². The van der Waals surface area contributed by atoms with E-state index in [4.69, 9.17) is 11.6 Å². The van der Waals surface area contributed by atoms with Gasteiger partial charge in [0, 0.05) is 29.8 Å². The fourth-order valence-electron chi connectivity index (χ4n) is 3.00. The van der Waals surface area contributed by atoms with E-state index < -0.39 is 11.1 Å². The molecule has 0 aliphatic carbocycles. The second kappa shape index (κ2) is 9.62. The summed E-state index contributed by atoms with van der Waals surface area (Å²) in [6.45, 7) is 5.15. The lowest BCUT2D eigenvalue weighted by Crippen LogP contribution is -2.38. The normalized spacial score (nSPS) is 17.5. The molecule has 1 saturated heterocycles. The van der Waals surface area contributed by atoms with Crippen LogP contribution in [0.15, 0.2) is 47.5 Å². The minimum absolute atomic E-state index is 0.00861. The number of hydrogen-bond acceptors (Lipinski definition) is 5. The minimum atomic E-state index is -0.644. The fraction of sp³-hybridized carbons (Fsp3) is 0.273. The highest BCUT2D eigenvalue weighted by Gasteiger charge is 2.40. The summed E-state index contributed by atoms with van der Waals surface area (Å²) in [6, 6.07) is 10.5. The lowest BCUT2D eigenvalue weighted by atomic mass is 10.1. The first-order chi connectivity index (χ1) is 14.7. The van der Waals surface area contributed by atoms with Crippen molar-refractivity contribution >= 4 is 57.5 Å². The molecule has 1 atom stereocenters. The number of anilines is 1. The molecule has 9 heteroatoms.